The third-order valence-electron chi connectivity index (χ3n) is 4.69. The van der Waals surface area contributed by atoms with Crippen molar-refractivity contribution in [3.8, 4) is 0 Å². The molecule has 5 nitrogen and oxygen atoms in total. The normalized spacial score (nSPS) is 18.3. The van der Waals surface area contributed by atoms with Gasteiger partial charge in [0, 0.05) is 37.6 Å². The number of benzene rings is 1. The molecule has 1 aromatic heterocycles. The van der Waals surface area contributed by atoms with Crippen LogP contribution in [0.15, 0.2) is 24.3 Å². The van der Waals surface area contributed by atoms with Gasteiger partial charge < -0.3 is 15.5 Å². The van der Waals surface area contributed by atoms with E-state index in [9.17, 15) is 0 Å². The third-order valence-corrected chi connectivity index (χ3v) is 4.69. The van der Waals surface area contributed by atoms with E-state index in [0.717, 1.165) is 48.8 Å². The summed E-state index contributed by atoms with van der Waals surface area (Å²) in [7, 11) is 0. The first-order chi connectivity index (χ1) is 11.9. The SMILES string of the molecule is CC.c1ccc2c(NC3CCCC3)nc(N3CCNCC3)nc2c1. The van der Waals surface area contributed by atoms with E-state index < -0.39 is 0 Å². The average molecular weight is 327 g/mol. The highest BCUT2D eigenvalue weighted by Crippen LogP contribution is 2.27. The predicted molar refractivity (Wildman–Crippen MR) is 102 cm³/mol. The van der Waals surface area contributed by atoms with Gasteiger partial charge in [-0.2, -0.15) is 4.98 Å². The predicted octanol–water partition coefficient (Wildman–Crippen LogP) is 3.42. The summed E-state index contributed by atoms with van der Waals surface area (Å²) in [5, 5.41) is 8.18. The average Bonchev–Trinajstić information content (AvgIpc) is 3.17. The van der Waals surface area contributed by atoms with E-state index in [2.05, 4.69) is 39.8 Å². The Morgan fingerprint density at radius 1 is 1.04 bits per heavy atom. The van der Waals surface area contributed by atoms with Crippen molar-refractivity contribution in [2.24, 2.45) is 0 Å². The first-order valence-corrected chi connectivity index (χ1v) is 9.39. The lowest BCUT2D eigenvalue weighted by molar-refractivity contribution is 0.580. The molecule has 0 radical (unpaired) electrons. The Hall–Kier alpha value is -1.88. The number of fused-ring (bicyclic) bond motifs is 1. The second kappa shape index (κ2) is 8.29. The molecule has 1 saturated carbocycles. The number of para-hydroxylation sites is 1. The smallest absolute Gasteiger partial charge is 0.227 e. The lowest BCUT2D eigenvalue weighted by Crippen LogP contribution is -2.44. The summed E-state index contributed by atoms with van der Waals surface area (Å²) >= 11 is 0. The van der Waals surface area contributed by atoms with Crippen molar-refractivity contribution in [3.05, 3.63) is 24.3 Å². The van der Waals surface area contributed by atoms with Gasteiger partial charge in [-0.05, 0) is 25.0 Å². The van der Waals surface area contributed by atoms with E-state index in [4.69, 9.17) is 9.97 Å². The van der Waals surface area contributed by atoms with Gasteiger partial charge in [-0.25, -0.2) is 4.98 Å². The molecular weight excluding hydrogens is 298 g/mol. The first kappa shape index (κ1) is 17.0. The Balaban J connectivity index is 0.000000815. The standard InChI is InChI=1S/C17H23N5.C2H6/c1-2-6-13(5-1)19-16-14-7-3-4-8-15(14)20-17(21-16)22-11-9-18-10-12-22;1-2/h3-4,7-8,13,18H,1-2,5-6,9-12H2,(H,19,20,21);1-2H3. The summed E-state index contributed by atoms with van der Waals surface area (Å²) in [6, 6.07) is 8.89. The number of rotatable bonds is 3. The minimum Gasteiger partial charge on any atom is -0.367 e. The Labute approximate surface area is 144 Å². The van der Waals surface area contributed by atoms with Crippen LogP contribution in [0.5, 0.6) is 0 Å². The summed E-state index contributed by atoms with van der Waals surface area (Å²) < 4.78 is 0. The van der Waals surface area contributed by atoms with Gasteiger partial charge in [0.05, 0.1) is 5.52 Å². The molecule has 4 rings (SSSR count). The van der Waals surface area contributed by atoms with Gasteiger partial charge in [0.1, 0.15) is 5.82 Å². The zero-order valence-electron chi connectivity index (χ0n) is 14.9. The second-order valence-corrected chi connectivity index (χ2v) is 6.25. The molecule has 2 aromatic rings. The molecule has 1 aromatic carbocycles. The lowest BCUT2D eigenvalue weighted by Gasteiger charge is -2.28. The fraction of sp³-hybridized carbons (Fsp3) is 0.579. The second-order valence-electron chi connectivity index (χ2n) is 6.25. The number of anilines is 2. The van der Waals surface area contributed by atoms with E-state index in [1.54, 1.807) is 0 Å². The van der Waals surface area contributed by atoms with Crippen molar-refractivity contribution in [2.75, 3.05) is 36.4 Å². The lowest BCUT2D eigenvalue weighted by atomic mass is 10.2. The summed E-state index contributed by atoms with van der Waals surface area (Å²) in [6.07, 6.45) is 5.15. The third kappa shape index (κ3) is 3.78. The summed E-state index contributed by atoms with van der Waals surface area (Å²) in [6.45, 7) is 7.95. The molecule has 24 heavy (non-hydrogen) atoms. The fourth-order valence-corrected chi connectivity index (χ4v) is 3.44. The number of hydrogen-bond donors (Lipinski definition) is 2. The van der Waals surface area contributed by atoms with E-state index in [1.807, 2.05) is 13.8 Å². The van der Waals surface area contributed by atoms with Crippen molar-refractivity contribution in [3.63, 3.8) is 0 Å². The summed E-state index contributed by atoms with van der Waals surface area (Å²) in [4.78, 5) is 11.9. The molecule has 0 amide bonds. The van der Waals surface area contributed by atoms with E-state index in [0.29, 0.717) is 6.04 Å². The molecule has 0 bridgehead atoms. The molecule has 2 heterocycles. The largest absolute Gasteiger partial charge is 0.367 e. The molecule has 5 heteroatoms. The molecule has 0 atom stereocenters. The maximum absolute atomic E-state index is 4.86. The van der Waals surface area contributed by atoms with Gasteiger partial charge >= 0.3 is 0 Å². The molecule has 0 unspecified atom stereocenters. The van der Waals surface area contributed by atoms with Gasteiger partial charge in [-0.3, -0.25) is 0 Å². The molecule has 1 saturated heterocycles. The molecule has 0 spiro atoms. The summed E-state index contributed by atoms with van der Waals surface area (Å²) in [5.74, 6) is 1.87. The highest BCUT2D eigenvalue weighted by atomic mass is 15.3. The van der Waals surface area contributed by atoms with Crippen LogP contribution >= 0.6 is 0 Å². The monoisotopic (exact) mass is 327 g/mol. The zero-order valence-corrected chi connectivity index (χ0v) is 14.9. The number of hydrogen-bond acceptors (Lipinski definition) is 5. The Bertz CT molecular complexity index is 645. The van der Waals surface area contributed by atoms with Crippen molar-refractivity contribution in [1.29, 1.82) is 0 Å². The van der Waals surface area contributed by atoms with Crippen LogP contribution in [0.4, 0.5) is 11.8 Å². The van der Waals surface area contributed by atoms with Crippen LogP contribution < -0.4 is 15.5 Å². The van der Waals surface area contributed by atoms with Gasteiger partial charge in [0.2, 0.25) is 5.95 Å². The maximum atomic E-state index is 4.86. The number of nitrogens with zero attached hydrogens (tertiary/aromatic N) is 3. The van der Waals surface area contributed by atoms with Crippen LogP contribution in [0.25, 0.3) is 10.9 Å². The molecular formula is C19H29N5. The van der Waals surface area contributed by atoms with Crippen LogP contribution in [0.3, 0.4) is 0 Å². The van der Waals surface area contributed by atoms with Crippen molar-refractivity contribution in [2.45, 2.75) is 45.6 Å². The molecule has 1 aliphatic heterocycles. The van der Waals surface area contributed by atoms with Crippen LogP contribution in [-0.4, -0.2) is 42.2 Å². The summed E-state index contributed by atoms with van der Waals surface area (Å²) in [5.41, 5.74) is 1.03. The first-order valence-electron chi connectivity index (χ1n) is 9.39. The van der Waals surface area contributed by atoms with Crippen LogP contribution in [0, 0.1) is 0 Å². The van der Waals surface area contributed by atoms with Crippen LogP contribution in [0.1, 0.15) is 39.5 Å². The molecule has 2 aliphatic rings. The number of piperazine rings is 1. The number of aromatic nitrogens is 2. The Morgan fingerprint density at radius 2 is 1.75 bits per heavy atom. The highest BCUT2D eigenvalue weighted by molar-refractivity contribution is 5.90. The highest BCUT2D eigenvalue weighted by Gasteiger charge is 2.19. The van der Waals surface area contributed by atoms with Crippen molar-refractivity contribution in [1.82, 2.24) is 15.3 Å². The Morgan fingerprint density at radius 3 is 2.50 bits per heavy atom. The van der Waals surface area contributed by atoms with Crippen LogP contribution in [-0.2, 0) is 0 Å². The minimum absolute atomic E-state index is 0.564. The molecule has 130 valence electrons. The zero-order chi connectivity index (χ0) is 16.8. The van der Waals surface area contributed by atoms with Crippen molar-refractivity contribution < 1.29 is 0 Å². The van der Waals surface area contributed by atoms with Gasteiger partial charge in [0.15, 0.2) is 0 Å². The van der Waals surface area contributed by atoms with Gasteiger partial charge in [0.25, 0.3) is 0 Å². The number of nitrogens with one attached hydrogen (secondary N) is 2. The van der Waals surface area contributed by atoms with E-state index >= 15 is 0 Å². The van der Waals surface area contributed by atoms with Gasteiger partial charge in [-0.15, -0.1) is 0 Å². The van der Waals surface area contributed by atoms with Gasteiger partial charge in [-0.1, -0.05) is 38.8 Å². The fourth-order valence-electron chi connectivity index (χ4n) is 3.44. The molecule has 2 fully saturated rings. The van der Waals surface area contributed by atoms with E-state index in [-0.39, 0.29) is 0 Å². The van der Waals surface area contributed by atoms with E-state index in [1.165, 1.54) is 25.7 Å². The maximum Gasteiger partial charge on any atom is 0.227 e. The minimum atomic E-state index is 0.564. The topological polar surface area (TPSA) is 53.1 Å². The van der Waals surface area contributed by atoms with Crippen molar-refractivity contribution >= 4 is 22.7 Å². The van der Waals surface area contributed by atoms with Crippen LogP contribution in [0.2, 0.25) is 0 Å². The quantitative estimate of drug-likeness (QED) is 0.905. The molecule has 1 aliphatic carbocycles. The Kier molecular flexibility index (Phi) is 5.86. The molecule has 2 N–H and O–H groups in total.